The van der Waals surface area contributed by atoms with Gasteiger partial charge in [-0.3, -0.25) is 0 Å². The Morgan fingerprint density at radius 3 is 2.40 bits per heavy atom. The Bertz CT molecular complexity index is 131. The summed E-state index contributed by atoms with van der Waals surface area (Å²) in [6.45, 7) is 3.84. The van der Waals surface area contributed by atoms with E-state index in [-0.39, 0.29) is 5.60 Å². The van der Waals surface area contributed by atoms with Gasteiger partial charge in [0, 0.05) is 13.5 Å². The van der Waals surface area contributed by atoms with Gasteiger partial charge in [-0.05, 0) is 13.8 Å². The van der Waals surface area contributed by atoms with Crippen LogP contribution in [0.3, 0.4) is 0 Å². The summed E-state index contributed by atoms with van der Waals surface area (Å²) >= 11 is 0. The molecule has 0 spiro atoms. The lowest BCUT2D eigenvalue weighted by atomic mass is 10.1. The fraction of sp³-hybridized carbons (Fsp3) is 0.833. The fourth-order valence-corrected chi connectivity index (χ4v) is 0.554. The van der Waals surface area contributed by atoms with Crippen molar-refractivity contribution in [3.8, 4) is 0 Å². The number of amidine groups is 1. The molecule has 0 atom stereocenters. The Labute approximate surface area is 61.2 Å². The molecule has 0 radical (unpaired) electrons. The molecule has 0 amide bonds. The van der Waals surface area contributed by atoms with Crippen molar-refractivity contribution in [2.75, 3.05) is 7.11 Å². The molecule has 60 valence electrons. The molecule has 4 N–H and O–H groups in total. The SMILES string of the molecule is COC(C)(C)CC(N)=NN. The molecule has 0 unspecified atom stereocenters. The van der Waals surface area contributed by atoms with Gasteiger partial charge in [0.05, 0.1) is 5.60 Å². The van der Waals surface area contributed by atoms with Crippen molar-refractivity contribution >= 4 is 5.84 Å². The van der Waals surface area contributed by atoms with Crippen LogP contribution < -0.4 is 11.6 Å². The van der Waals surface area contributed by atoms with Gasteiger partial charge in [-0.25, -0.2) is 0 Å². The van der Waals surface area contributed by atoms with Gasteiger partial charge in [-0.1, -0.05) is 0 Å². The fourth-order valence-electron chi connectivity index (χ4n) is 0.554. The van der Waals surface area contributed by atoms with E-state index in [2.05, 4.69) is 5.10 Å². The van der Waals surface area contributed by atoms with Gasteiger partial charge in [-0.2, -0.15) is 5.10 Å². The zero-order valence-electron chi connectivity index (χ0n) is 6.72. The second-order valence-corrected chi connectivity index (χ2v) is 2.76. The van der Waals surface area contributed by atoms with E-state index in [1.807, 2.05) is 13.8 Å². The third-order valence-electron chi connectivity index (χ3n) is 1.33. The summed E-state index contributed by atoms with van der Waals surface area (Å²) in [7, 11) is 1.63. The van der Waals surface area contributed by atoms with Crippen molar-refractivity contribution < 1.29 is 4.74 Å². The minimum atomic E-state index is -0.271. The van der Waals surface area contributed by atoms with E-state index >= 15 is 0 Å². The molecule has 0 fully saturated rings. The number of rotatable bonds is 3. The molecule has 0 aromatic heterocycles. The Balaban J connectivity index is 3.88. The molecule has 4 heteroatoms. The first kappa shape index (κ1) is 9.23. The van der Waals surface area contributed by atoms with Crippen molar-refractivity contribution in [1.82, 2.24) is 0 Å². The standard InChI is InChI=1S/C6H15N3O/c1-6(2,10-3)4-5(7)9-8/h4,8H2,1-3H3,(H2,7,9). The molecule has 10 heavy (non-hydrogen) atoms. The Kier molecular flexibility index (Phi) is 3.15. The zero-order chi connectivity index (χ0) is 8.20. The van der Waals surface area contributed by atoms with Gasteiger partial charge < -0.3 is 16.3 Å². The highest BCUT2D eigenvalue weighted by Crippen LogP contribution is 2.11. The Morgan fingerprint density at radius 2 is 2.10 bits per heavy atom. The first-order valence-electron chi connectivity index (χ1n) is 3.09. The molecule has 0 saturated carbocycles. The first-order chi connectivity index (χ1) is 4.52. The number of nitrogens with two attached hydrogens (primary N) is 2. The van der Waals surface area contributed by atoms with Gasteiger partial charge in [0.1, 0.15) is 5.84 Å². The largest absolute Gasteiger partial charge is 0.386 e. The quantitative estimate of drug-likeness (QED) is 0.255. The molecule has 0 aliphatic carbocycles. The van der Waals surface area contributed by atoms with Crippen LogP contribution in [-0.4, -0.2) is 18.5 Å². The Hall–Kier alpha value is -0.770. The molecule has 0 aromatic rings. The second-order valence-electron chi connectivity index (χ2n) is 2.76. The number of hydrogen-bond donors (Lipinski definition) is 2. The summed E-state index contributed by atoms with van der Waals surface area (Å²) in [6.07, 6.45) is 0.556. The van der Waals surface area contributed by atoms with Crippen LogP contribution in [0.15, 0.2) is 5.10 Å². The summed E-state index contributed by atoms with van der Waals surface area (Å²) in [5, 5.41) is 3.34. The van der Waals surface area contributed by atoms with Gasteiger partial charge in [0.15, 0.2) is 0 Å². The van der Waals surface area contributed by atoms with E-state index in [4.69, 9.17) is 16.3 Å². The van der Waals surface area contributed by atoms with Crippen molar-refractivity contribution in [2.24, 2.45) is 16.7 Å². The number of hydrogen-bond acceptors (Lipinski definition) is 3. The summed E-state index contributed by atoms with van der Waals surface area (Å²) in [5.41, 5.74) is 5.11. The lowest BCUT2D eigenvalue weighted by Crippen LogP contribution is -2.30. The third kappa shape index (κ3) is 3.29. The van der Waals surface area contributed by atoms with E-state index < -0.39 is 0 Å². The van der Waals surface area contributed by atoms with Crippen LogP contribution in [0, 0.1) is 0 Å². The highest BCUT2D eigenvalue weighted by Gasteiger charge is 2.17. The highest BCUT2D eigenvalue weighted by molar-refractivity contribution is 5.80. The topological polar surface area (TPSA) is 73.6 Å². The average Bonchev–Trinajstić information content (AvgIpc) is 1.87. The van der Waals surface area contributed by atoms with Gasteiger partial charge in [0.2, 0.25) is 0 Å². The van der Waals surface area contributed by atoms with Crippen LogP contribution in [0.5, 0.6) is 0 Å². The lowest BCUT2D eigenvalue weighted by molar-refractivity contribution is 0.0290. The van der Waals surface area contributed by atoms with Crippen LogP contribution in [0.4, 0.5) is 0 Å². The van der Waals surface area contributed by atoms with Crippen LogP contribution >= 0.6 is 0 Å². The summed E-state index contributed by atoms with van der Waals surface area (Å²) < 4.78 is 5.09. The minimum Gasteiger partial charge on any atom is -0.386 e. The van der Waals surface area contributed by atoms with Crippen molar-refractivity contribution in [2.45, 2.75) is 25.9 Å². The van der Waals surface area contributed by atoms with E-state index in [0.29, 0.717) is 12.3 Å². The molecule has 0 aromatic carbocycles. The van der Waals surface area contributed by atoms with Crippen LogP contribution in [-0.2, 0) is 4.74 Å². The molecule has 0 aliphatic heterocycles. The molecule has 0 aliphatic rings. The molecule has 0 bridgehead atoms. The second kappa shape index (κ2) is 3.41. The van der Waals surface area contributed by atoms with E-state index in [9.17, 15) is 0 Å². The predicted molar refractivity (Wildman–Crippen MR) is 41.5 cm³/mol. The molecule has 0 rings (SSSR count). The lowest BCUT2D eigenvalue weighted by Gasteiger charge is -2.21. The number of ether oxygens (including phenoxy) is 1. The van der Waals surface area contributed by atoms with Gasteiger partial charge in [0.25, 0.3) is 0 Å². The molecule has 0 saturated heterocycles. The summed E-state index contributed by atoms with van der Waals surface area (Å²) in [6, 6.07) is 0. The van der Waals surface area contributed by atoms with E-state index in [0.717, 1.165) is 0 Å². The monoisotopic (exact) mass is 145 g/mol. The normalized spacial score (nSPS) is 13.7. The smallest absolute Gasteiger partial charge is 0.122 e. The predicted octanol–water partition coefficient (Wildman–Crippen LogP) is 0.0324. The number of hydrazone groups is 1. The molecular formula is C6H15N3O. The summed E-state index contributed by atoms with van der Waals surface area (Å²) in [5.74, 6) is 5.35. The maximum atomic E-state index is 5.38. The third-order valence-corrected chi connectivity index (χ3v) is 1.33. The molecular weight excluding hydrogens is 130 g/mol. The molecule has 4 nitrogen and oxygen atoms in total. The zero-order valence-corrected chi connectivity index (χ0v) is 6.72. The number of nitrogens with zero attached hydrogens (tertiary/aromatic N) is 1. The number of methoxy groups -OCH3 is 1. The van der Waals surface area contributed by atoms with Crippen LogP contribution in [0.2, 0.25) is 0 Å². The summed E-state index contributed by atoms with van der Waals surface area (Å²) in [4.78, 5) is 0. The maximum Gasteiger partial charge on any atom is 0.122 e. The van der Waals surface area contributed by atoms with Crippen molar-refractivity contribution in [3.05, 3.63) is 0 Å². The first-order valence-corrected chi connectivity index (χ1v) is 3.09. The van der Waals surface area contributed by atoms with Gasteiger partial charge in [-0.15, -0.1) is 0 Å². The minimum absolute atomic E-state index is 0.271. The van der Waals surface area contributed by atoms with Crippen molar-refractivity contribution in [3.63, 3.8) is 0 Å². The van der Waals surface area contributed by atoms with E-state index in [1.54, 1.807) is 7.11 Å². The average molecular weight is 145 g/mol. The highest BCUT2D eigenvalue weighted by atomic mass is 16.5. The van der Waals surface area contributed by atoms with Crippen LogP contribution in [0.25, 0.3) is 0 Å². The van der Waals surface area contributed by atoms with Crippen LogP contribution in [0.1, 0.15) is 20.3 Å². The van der Waals surface area contributed by atoms with E-state index in [1.165, 1.54) is 0 Å². The van der Waals surface area contributed by atoms with Gasteiger partial charge >= 0.3 is 0 Å². The van der Waals surface area contributed by atoms with Crippen molar-refractivity contribution in [1.29, 1.82) is 0 Å². The maximum absolute atomic E-state index is 5.38. The Morgan fingerprint density at radius 1 is 1.60 bits per heavy atom. The molecule has 0 heterocycles.